The number of anilines is 1. The van der Waals surface area contributed by atoms with Crippen LogP contribution in [0, 0.1) is 0 Å². The van der Waals surface area contributed by atoms with Gasteiger partial charge in [0.15, 0.2) is 0 Å². The van der Waals surface area contributed by atoms with Crippen LogP contribution in [0.4, 0.5) is 5.69 Å². The molecule has 1 N–H and O–H groups in total. The Morgan fingerprint density at radius 1 is 1.00 bits per heavy atom. The molecule has 88 valence electrons. The highest BCUT2D eigenvalue weighted by Gasteiger charge is 1.97. The van der Waals surface area contributed by atoms with Gasteiger partial charge in [-0.25, -0.2) is 0 Å². The molecule has 0 amide bonds. The molecule has 0 bridgehead atoms. The van der Waals surface area contributed by atoms with Gasteiger partial charge in [-0.15, -0.1) is 0 Å². The van der Waals surface area contributed by atoms with Gasteiger partial charge in [-0.2, -0.15) is 0 Å². The Bertz CT molecular complexity index is 650. The third kappa shape index (κ3) is 2.30. The summed E-state index contributed by atoms with van der Waals surface area (Å²) in [5, 5.41) is 4.51. The van der Waals surface area contributed by atoms with Crippen LogP contribution in [0.25, 0.3) is 10.9 Å². The minimum Gasteiger partial charge on any atom is -0.380 e. The lowest BCUT2D eigenvalue weighted by atomic mass is 10.1. The first kappa shape index (κ1) is 10.7. The Morgan fingerprint density at radius 2 is 1.94 bits per heavy atom. The van der Waals surface area contributed by atoms with Gasteiger partial charge >= 0.3 is 0 Å². The molecule has 0 fully saturated rings. The molecular weight excluding hydrogens is 222 g/mol. The van der Waals surface area contributed by atoms with Gasteiger partial charge in [0.25, 0.3) is 0 Å². The van der Waals surface area contributed by atoms with Crippen molar-refractivity contribution in [3.05, 3.63) is 66.6 Å². The first-order valence-electron chi connectivity index (χ1n) is 5.89. The van der Waals surface area contributed by atoms with E-state index in [-0.39, 0.29) is 0 Å². The summed E-state index contributed by atoms with van der Waals surface area (Å²) in [6.07, 6.45) is 5.41. The first-order valence-corrected chi connectivity index (χ1v) is 5.89. The molecule has 3 nitrogen and oxygen atoms in total. The second kappa shape index (κ2) is 4.84. The SMILES string of the molecule is c1cncc(NCc2ccc3ncccc3c2)c1. The summed E-state index contributed by atoms with van der Waals surface area (Å²) in [5.41, 5.74) is 3.30. The Morgan fingerprint density at radius 3 is 2.83 bits per heavy atom. The fourth-order valence-corrected chi connectivity index (χ4v) is 1.91. The number of nitrogens with one attached hydrogen (secondary N) is 1. The van der Waals surface area contributed by atoms with Gasteiger partial charge in [0.1, 0.15) is 0 Å². The molecule has 18 heavy (non-hydrogen) atoms. The predicted molar refractivity (Wildman–Crippen MR) is 73.3 cm³/mol. The van der Waals surface area contributed by atoms with Crippen molar-refractivity contribution in [1.82, 2.24) is 9.97 Å². The maximum absolute atomic E-state index is 4.31. The van der Waals surface area contributed by atoms with Crippen LogP contribution >= 0.6 is 0 Å². The van der Waals surface area contributed by atoms with Gasteiger partial charge in [-0.3, -0.25) is 9.97 Å². The number of fused-ring (bicyclic) bond motifs is 1. The number of aromatic nitrogens is 2. The van der Waals surface area contributed by atoms with E-state index < -0.39 is 0 Å². The lowest BCUT2D eigenvalue weighted by molar-refractivity contribution is 1.14. The van der Waals surface area contributed by atoms with Crippen LogP contribution < -0.4 is 5.32 Å². The van der Waals surface area contributed by atoms with E-state index in [0.717, 1.165) is 17.7 Å². The van der Waals surface area contributed by atoms with E-state index in [1.54, 1.807) is 6.20 Å². The Balaban J connectivity index is 1.79. The van der Waals surface area contributed by atoms with Crippen molar-refractivity contribution < 1.29 is 0 Å². The second-order valence-corrected chi connectivity index (χ2v) is 4.13. The van der Waals surface area contributed by atoms with Crippen LogP contribution in [0.3, 0.4) is 0 Å². The average Bonchev–Trinajstić information content (AvgIpc) is 2.46. The predicted octanol–water partition coefficient (Wildman–Crippen LogP) is 3.24. The van der Waals surface area contributed by atoms with Crippen LogP contribution in [0.2, 0.25) is 0 Å². The van der Waals surface area contributed by atoms with Crippen molar-refractivity contribution >= 4 is 16.6 Å². The summed E-state index contributed by atoms with van der Waals surface area (Å²) in [4.78, 5) is 8.38. The van der Waals surface area contributed by atoms with E-state index in [0.29, 0.717) is 0 Å². The Labute approximate surface area is 106 Å². The van der Waals surface area contributed by atoms with Gasteiger partial charge in [0, 0.05) is 30.5 Å². The Hall–Kier alpha value is -2.42. The average molecular weight is 235 g/mol. The van der Waals surface area contributed by atoms with E-state index >= 15 is 0 Å². The Kier molecular flexibility index (Phi) is 2.88. The molecule has 0 aliphatic carbocycles. The standard InChI is InChI=1S/C15H13N3/c1-3-13-9-12(5-6-15(13)17-8-1)10-18-14-4-2-7-16-11-14/h1-9,11,18H,10H2. The molecule has 0 radical (unpaired) electrons. The number of benzene rings is 1. The fraction of sp³-hybridized carbons (Fsp3) is 0.0667. The minimum atomic E-state index is 0.788. The number of nitrogens with zero attached hydrogens (tertiary/aromatic N) is 2. The molecule has 2 aromatic heterocycles. The number of hydrogen-bond donors (Lipinski definition) is 1. The van der Waals surface area contributed by atoms with Gasteiger partial charge in [0.05, 0.1) is 11.2 Å². The topological polar surface area (TPSA) is 37.8 Å². The van der Waals surface area contributed by atoms with Crippen LogP contribution in [0.1, 0.15) is 5.56 Å². The smallest absolute Gasteiger partial charge is 0.0702 e. The van der Waals surface area contributed by atoms with Crippen molar-refractivity contribution in [2.45, 2.75) is 6.54 Å². The van der Waals surface area contributed by atoms with Crippen LogP contribution in [0.5, 0.6) is 0 Å². The zero-order valence-electron chi connectivity index (χ0n) is 9.88. The maximum Gasteiger partial charge on any atom is 0.0702 e. The summed E-state index contributed by atoms with van der Waals surface area (Å²) in [6.45, 7) is 0.788. The normalized spacial score (nSPS) is 10.4. The second-order valence-electron chi connectivity index (χ2n) is 4.13. The molecule has 3 heteroatoms. The van der Waals surface area contributed by atoms with Gasteiger partial charge in [-0.05, 0) is 35.9 Å². The van der Waals surface area contributed by atoms with E-state index in [1.165, 1.54) is 10.9 Å². The zero-order chi connectivity index (χ0) is 12.2. The molecule has 0 unspecified atom stereocenters. The lowest BCUT2D eigenvalue weighted by Gasteiger charge is -2.06. The van der Waals surface area contributed by atoms with E-state index in [4.69, 9.17) is 0 Å². The highest BCUT2D eigenvalue weighted by molar-refractivity contribution is 5.78. The van der Waals surface area contributed by atoms with E-state index in [1.807, 2.05) is 30.6 Å². The minimum absolute atomic E-state index is 0.788. The van der Waals surface area contributed by atoms with Gasteiger partial charge < -0.3 is 5.32 Å². The number of pyridine rings is 2. The van der Waals surface area contributed by atoms with Gasteiger partial charge in [0.2, 0.25) is 0 Å². The van der Waals surface area contributed by atoms with E-state index in [9.17, 15) is 0 Å². The molecular formula is C15H13N3. The molecule has 2 heterocycles. The molecule has 0 atom stereocenters. The summed E-state index contributed by atoms with van der Waals surface area (Å²) in [7, 11) is 0. The highest BCUT2D eigenvalue weighted by atomic mass is 14.9. The lowest BCUT2D eigenvalue weighted by Crippen LogP contribution is -1.99. The monoisotopic (exact) mass is 235 g/mol. The maximum atomic E-state index is 4.31. The molecule has 1 aromatic carbocycles. The van der Waals surface area contributed by atoms with Crippen LogP contribution in [0.15, 0.2) is 61.1 Å². The summed E-state index contributed by atoms with van der Waals surface area (Å²) in [5.74, 6) is 0. The fourth-order valence-electron chi connectivity index (χ4n) is 1.91. The van der Waals surface area contributed by atoms with Crippen molar-refractivity contribution in [3.63, 3.8) is 0 Å². The third-order valence-electron chi connectivity index (χ3n) is 2.83. The molecule has 0 saturated heterocycles. The molecule has 0 spiro atoms. The molecule has 0 saturated carbocycles. The summed E-state index contributed by atoms with van der Waals surface area (Å²) in [6, 6.07) is 14.3. The molecule has 0 aliphatic rings. The third-order valence-corrected chi connectivity index (χ3v) is 2.83. The molecule has 0 aliphatic heterocycles. The largest absolute Gasteiger partial charge is 0.380 e. The van der Waals surface area contributed by atoms with Crippen LogP contribution in [-0.4, -0.2) is 9.97 Å². The molecule has 3 aromatic rings. The van der Waals surface area contributed by atoms with Crippen LogP contribution in [-0.2, 0) is 6.54 Å². The quantitative estimate of drug-likeness (QED) is 0.757. The number of rotatable bonds is 3. The zero-order valence-corrected chi connectivity index (χ0v) is 9.88. The summed E-state index contributed by atoms with van der Waals surface area (Å²) >= 11 is 0. The van der Waals surface area contributed by atoms with Crippen molar-refractivity contribution in [2.75, 3.05) is 5.32 Å². The van der Waals surface area contributed by atoms with Crippen molar-refractivity contribution in [2.24, 2.45) is 0 Å². The summed E-state index contributed by atoms with van der Waals surface area (Å²) < 4.78 is 0. The van der Waals surface area contributed by atoms with Crippen molar-refractivity contribution in [1.29, 1.82) is 0 Å². The van der Waals surface area contributed by atoms with E-state index in [2.05, 4.69) is 39.6 Å². The van der Waals surface area contributed by atoms with Crippen molar-refractivity contribution in [3.8, 4) is 0 Å². The molecule has 3 rings (SSSR count). The number of hydrogen-bond acceptors (Lipinski definition) is 3. The first-order chi connectivity index (χ1) is 8.92. The highest BCUT2D eigenvalue weighted by Crippen LogP contribution is 2.14. The van der Waals surface area contributed by atoms with Gasteiger partial charge in [-0.1, -0.05) is 12.1 Å².